The summed E-state index contributed by atoms with van der Waals surface area (Å²) in [6, 6.07) is 26.6. The number of nitrogens with zero attached hydrogens (tertiary/aromatic N) is 1. The van der Waals surface area contributed by atoms with Crippen LogP contribution in [0.25, 0.3) is 5.76 Å². The Bertz CT molecular complexity index is 1540. The third-order valence-corrected chi connectivity index (χ3v) is 12.9. The molecule has 3 nitrogen and oxygen atoms in total. The zero-order valence-corrected chi connectivity index (χ0v) is 26.1. The van der Waals surface area contributed by atoms with Crippen LogP contribution in [0.15, 0.2) is 108 Å². The minimum Gasteiger partial charge on any atom is -0.872 e. The van der Waals surface area contributed by atoms with Crippen molar-refractivity contribution in [1.29, 1.82) is 0 Å². The van der Waals surface area contributed by atoms with Gasteiger partial charge in [-0.25, -0.2) is 13.2 Å². The van der Waals surface area contributed by atoms with Gasteiger partial charge in [-0.15, -0.1) is 0 Å². The summed E-state index contributed by atoms with van der Waals surface area (Å²) in [5.41, 5.74) is 1.12. The summed E-state index contributed by atoms with van der Waals surface area (Å²) >= 11 is 0. The molecule has 0 fully saturated rings. The van der Waals surface area contributed by atoms with E-state index >= 15 is 0 Å². The Labute approximate surface area is 263 Å². The molecule has 0 radical (unpaired) electrons. The van der Waals surface area contributed by atoms with Crippen LogP contribution in [0, 0.1) is 17.5 Å². The van der Waals surface area contributed by atoms with Crippen LogP contribution >= 0.6 is 7.26 Å². The second-order valence-corrected chi connectivity index (χ2v) is 15.1. The average Bonchev–Trinajstić information content (AvgIpc) is 3.05. The van der Waals surface area contributed by atoms with Crippen molar-refractivity contribution in [1.82, 2.24) is 0 Å². The van der Waals surface area contributed by atoms with Gasteiger partial charge in [0.05, 0.1) is 6.16 Å². The fourth-order valence-electron chi connectivity index (χ4n) is 6.06. The Kier molecular flexibility index (Phi) is 11.0. The van der Waals surface area contributed by atoms with Gasteiger partial charge in [-0.1, -0.05) is 62.1 Å². The number of ketones is 1. The van der Waals surface area contributed by atoms with Crippen LogP contribution in [0.3, 0.4) is 0 Å². The average molecular weight is 628 g/mol. The lowest BCUT2D eigenvalue weighted by molar-refractivity contribution is -0.243. The maximum atomic E-state index is 14.0. The Hall–Kier alpha value is -4.02. The molecule has 232 valence electrons. The number of hydrogen-bond acceptors (Lipinski definition) is 3. The minimum atomic E-state index is -2.29. The summed E-state index contributed by atoms with van der Waals surface area (Å²) < 4.78 is 41.9. The molecule has 0 saturated heterocycles. The number of aliphatic imine (C=N–C) groups is 1. The first-order valence-electron chi connectivity index (χ1n) is 15.6. The normalized spacial score (nSPS) is 14.0. The van der Waals surface area contributed by atoms with Crippen LogP contribution in [0.4, 0.5) is 13.2 Å². The number of Topliss-reactive ketones (excluding diaryl/α,β-unsaturated/α-hetero) is 1. The van der Waals surface area contributed by atoms with E-state index in [9.17, 15) is 23.1 Å². The molecule has 5 rings (SSSR count). The van der Waals surface area contributed by atoms with Crippen LogP contribution in [-0.2, 0) is 0 Å². The predicted octanol–water partition coefficient (Wildman–Crippen LogP) is 7.56. The second-order valence-electron chi connectivity index (χ2n) is 11.4. The van der Waals surface area contributed by atoms with E-state index in [1.807, 2.05) is 36.4 Å². The smallest absolute Gasteiger partial charge is 0.211 e. The van der Waals surface area contributed by atoms with E-state index in [1.165, 1.54) is 42.5 Å². The number of benzene rings is 4. The molecule has 45 heavy (non-hydrogen) atoms. The highest BCUT2D eigenvalue weighted by molar-refractivity contribution is 7.95. The first-order chi connectivity index (χ1) is 21.9. The maximum absolute atomic E-state index is 14.0. The molecule has 1 aliphatic carbocycles. The largest absolute Gasteiger partial charge is 0.872 e. The summed E-state index contributed by atoms with van der Waals surface area (Å²) in [4.78, 5) is 17.1. The first-order valence-corrected chi connectivity index (χ1v) is 17.6. The number of fused-ring (bicyclic) bond motifs is 1. The van der Waals surface area contributed by atoms with Gasteiger partial charge in [0.15, 0.2) is 0 Å². The minimum absolute atomic E-state index is 0.170. The number of halogens is 3. The lowest BCUT2D eigenvalue weighted by Crippen LogP contribution is -2.33. The Morgan fingerprint density at radius 1 is 0.556 bits per heavy atom. The Balaban J connectivity index is 1.13. The van der Waals surface area contributed by atoms with Gasteiger partial charge in [-0.3, -0.25) is 9.79 Å². The zero-order valence-electron chi connectivity index (χ0n) is 25.2. The molecule has 0 N–H and O–H groups in total. The zero-order chi connectivity index (χ0) is 31.6. The lowest BCUT2D eigenvalue weighted by atomic mass is 9.93. The molecule has 0 aromatic heterocycles. The van der Waals surface area contributed by atoms with Crippen LogP contribution < -0.4 is 21.0 Å². The van der Waals surface area contributed by atoms with Crippen molar-refractivity contribution >= 4 is 40.4 Å². The van der Waals surface area contributed by atoms with Crippen LogP contribution in [0.2, 0.25) is 0 Å². The molecule has 0 atom stereocenters. The molecule has 4 aromatic carbocycles. The Morgan fingerprint density at radius 3 is 1.47 bits per heavy atom. The highest BCUT2D eigenvalue weighted by Gasteiger charge is 2.44. The third-order valence-electron chi connectivity index (χ3n) is 8.42. The summed E-state index contributed by atoms with van der Waals surface area (Å²) in [7, 11) is -2.29. The summed E-state index contributed by atoms with van der Waals surface area (Å²) in [5, 5.41) is 15.3. The molecular weight excluding hydrogens is 590 g/mol. The highest BCUT2D eigenvalue weighted by atomic mass is 31.2. The van der Waals surface area contributed by atoms with Gasteiger partial charge in [0, 0.05) is 12.1 Å². The molecule has 0 amide bonds. The van der Waals surface area contributed by atoms with E-state index in [2.05, 4.69) is 4.99 Å². The fraction of sp³-hybridized carbons (Fsp3) is 0.263. The van der Waals surface area contributed by atoms with Crippen molar-refractivity contribution in [2.75, 3.05) is 12.7 Å². The van der Waals surface area contributed by atoms with Crippen molar-refractivity contribution in [3.05, 3.63) is 132 Å². The molecule has 0 heterocycles. The number of carbonyl (C=O) groups excluding carboxylic acids is 1. The van der Waals surface area contributed by atoms with Gasteiger partial charge >= 0.3 is 0 Å². The number of rotatable bonds is 14. The predicted molar refractivity (Wildman–Crippen MR) is 178 cm³/mol. The molecule has 1 aliphatic rings. The van der Waals surface area contributed by atoms with E-state index in [0.717, 1.165) is 73.4 Å². The highest BCUT2D eigenvalue weighted by Crippen LogP contribution is 2.56. The second kappa shape index (κ2) is 15.3. The molecule has 0 unspecified atom stereocenters. The number of hydrogen-bond donors (Lipinski definition) is 0. The van der Waals surface area contributed by atoms with E-state index in [-0.39, 0.29) is 34.7 Å². The topological polar surface area (TPSA) is 52.5 Å². The summed E-state index contributed by atoms with van der Waals surface area (Å²) in [6.45, 7) is 0.523. The third kappa shape index (κ3) is 7.80. The molecular formula is C38H37F3NO2P. The van der Waals surface area contributed by atoms with Crippen LogP contribution in [-0.4, -0.2) is 24.2 Å². The number of carbonyl (C=O) groups is 1. The van der Waals surface area contributed by atoms with Gasteiger partial charge in [0.1, 0.15) is 46.3 Å². The first kappa shape index (κ1) is 32.4. The quantitative estimate of drug-likeness (QED) is 0.107. The monoisotopic (exact) mass is 627 g/mol. The molecule has 0 aliphatic heterocycles. The van der Waals surface area contributed by atoms with Gasteiger partial charge in [-0.2, -0.15) is 0 Å². The molecule has 7 heteroatoms. The molecule has 0 spiro atoms. The SMILES string of the molecule is O=C1C(=NCCCCCCCCCC[P+](c2ccc(F)cc2)(c2ccc(F)cc2)c2ccc(F)cc2)C=C([O-])c2ccccc21. The van der Waals surface area contributed by atoms with Crippen molar-refractivity contribution in [2.24, 2.45) is 4.99 Å². The molecule has 0 saturated carbocycles. The lowest BCUT2D eigenvalue weighted by Gasteiger charge is -2.28. The number of allylic oxidation sites excluding steroid dienone is 1. The van der Waals surface area contributed by atoms with Crippen LogP contribution in [0.1, 0.15) is 67.3 Å². The molecule has 0 bridgehead atoms. The fourth-order valence-corrected chi connectivity index (χ4v) is 10.4. The van der Waals surface area contributed by atoms with E-state index in [4.69, 9.17) is 0 Å². The van der Waals surface area contributed by atoms with E-state index in [0.29, 0.717) is 17.7 Å². The van der Waals surface area contributed by atoms with Gasteiger partial charge in [0.2, 0.25) is 5.78 Å². The maximum Gasteiger partial charge on any atom is 0.211 e. The van der Waals surface area contributed by atoms with Crippen molar-refractivity contribution in [2.45, 2.75) is 51.4 Å². The Morgan fingerprint density at radius 2 is 0.978 bits per heavy atom. The molecule has 4 aromatic rings. The summed E-state index contributed by atoms with van der Waals surface area (Å²) in [6.07, 6.45) is 10.3. The van der Waals surface area contributed by atoms with Gasteiger partial charge < -0.3 is 5.11 Å². The van der Waals surface area contributed by atoms with Crippen molar-refractivity contribution in [3.63, 3.8) is 0 Å². The van der Waals surface area contributed by atoms with Crippen molar-refractivity contribution < 1.29 is 23.1 Å². The standard InChI is InChI=1S/C38H37F3NO2P/c39-28-13-19-31(20-14-28)45(32-21-15-29(40)16-22-32,33-23-17-30(41)18-24-33)26-10-6-4-2-1-3-5-9-25-42-36-27-37(43)34-11-7-8-12-35(34)38(36)44/h7-8,11-24,27H,1-6,9-10,25-26H2. The van der Waals surface area contributed by atoms with Crippen LogP contribution in [0.5, 0.6) is 0 Å². The van der Waals surface area contributed by atoms with Crippen molar-refractivity contribution in [3.8, 4) is 0 Å². The van der Waals surface area contributed by atoms with E-state index < -0.39 is 7.26 Å². The van der Waals surface area contributed by atoms with Gasteiger partial charge in [0.25, 0.3) is 0 Å². The summed E-state index contributed by atoms with van der Waals surface area (Å²) in [5.74, 6) is -1.30. The van der Waals surface area contributed by atoms with Gasteiger partial charge in [-0.05, 0) is 104 Å². The number of unbranched alkanes of at least 4 members (excludes halogenated alkanes) is 7. The van der Waals surface area contributed by atoms with E-state index in [1.54, 1.807) is 24.3 Å².